The maximum atomic E-state index is 11.8. The normalized spacial score (nSPS) is 13.6. The molecule has 16 nitrogen and oxygen atoms in total. The minimum atomic E-state index is -0.415. The molecule has 2 fully saturated rings. The van der Waals surface area contributed by atoms with Crippen molar-refractivity contribution >= 4 is 47.8 Å². The van der Waals surface area contributed by atoms with Crippen molar-refractivity contribution in [2.45, 2.75) is 273 Å². The molecule has 0 heterocycles. The average molecular weight is 1720 g/mol. The summed E-state index contributed by atoms with van der Waals surface area (Å²) >= 11 is 0. The minimum Gasteiger partial charge on any atom is -0.462 e. The summed E-state index contributed by atoms with van der Waals surface area (Å²) in [4.78, 5) is 92.5. The van der Waals surface area contributed by atoms with Gasteiger partial charge < -0.3 is 37.9 Å². The number of carbonyl (C=O) groups is 8. The SMILES string of the molecule is CC1CCC(C)CC1.CCC.CCC1CCC(CC)CC1.CCCCCOC(=O)c1ccc(C(=O)OCCCCC)cc1.CCCOC(=O)c1ccc(C(=O)OCCC)cc1.CCCOC(=O)c1cccc(C(=O)OCCC)c1.CCOC(=O)c1ccc(C(=O)OCC)cc1.Cc1ccc(-c2ccc(C)cc2)cc1.Cc1ccc(C)cc1.Cc1cccc(C)c1. The lowest BCUT2D eigenvalue weighted by Gasteiger charge is -2.26. The highest BCUT2D eigenvalue weighted by Gasteiger charge is 2.20. The van der Waals surface area contributed by atoms with Crippen LogP contribution in [0.3, 0.4) is 0 Å². The summed E-state index contributed by atoms with van der Waals surface area (Å²) in [6.07, 6.45) is 25.2. The Labute approximate surface area is 752 Å². The van der Waals surface area contributed by atoms with Crippen LogP contribution in [0.5, 0.6) is 0 Å². The molecule has 0 bridgehead atoms. The fourth-order valence-corrected chi connectivity index (χ4v) is 12.2. The van der Waals surface area contributed by atoms with Crippen molar-refractivity contribution in [1.82, 2.24) is 0 Å². The number of benzene rings is 8. The molecule has 2 aliphatic carbocycles. The minimum absolute atomic E-state index is 0.332. The fourth-order valence-electron chi connectivity index (χ4n) is 12.2. The molecule has 686 valence electrons. The second-order valence-corrected chi connectivity index (χ2v) is 31.8. The van der Waals surface area contributed by atoms with Crippen LogP contribution < -0.4 is 0 Å². The van der Waals surface area contributed by atoms with E-state index >= 15 is 0 Å². The third kappa shape index (κ3) is 52.8. The van der Waals surface area contributed by atoms with E-state index in [1.165, 1.54) is 121 Å². The standard InChI is InChI=1S/C18H26O4.2C14H18O4.C14H14.C12H14O4.C10H20.C8H16.2C8H10.C3H8/c1-3-5-7-13-21-17(19)15-9-11-16(12-10-15)18(20)22-14-8-6-4-2;1-3-9-17-13(15)11-5-7-12(8-6-11)14(16)18-10-4-2;1-3-8-17-13(15)11-6-5-7-12(10-11)14(16)18-9-4-2;1-11-3-7-13(8-4-11)14-9-5-12(2)6-10-14;1-3-15-11(13)9-5-7-10(8-6-9)12(14)16-4-2;1-3-9-5-7-10(4-2)8-6-9;2*1-7-3-5-8(2)6-4-7;1-7-4-3-5-8(2)6-7;1-3-2/h9-12H,3-8,13-14H2,1-2H3;5-8H,3-4,9-10H2,1-2H3;5-7,10H,3-4,8-9H2,1-2H3;3-10H,1-2H3;5-8H,3-4H2,1-2H3;9-10H,3-8H2,1-2H3;7-8H,3-6H2,1-2H3;2*3-6H,1-2H3;3H2,1-2H3. The molecule has 8 aromatic carbocycles. The van der Waals surface area contributed by atoms with Crippen LogP contribution in [0.15, 0.2) is 194 Å². The lowest BCUT2D eigenvalue weighted by Crippen LogP contribution is -2.12. The maximum absolute atomic E-state index is 11.8. The molecular weight excluding hydrogens is 1570 g/mol. The molecule has 16 heteroatoms. The van der Waals surface area contributed by atoms with Crippen LogP contribution in [0.25, 0.3) is 11.1 Å². The summed E-state index contributed by atoms with van der Waals surface area (Å²) in [7, 11) is 0. The second-order valence-electron chi connectivity index (χ2n) is 31.8. The van der Waals surface area contributed by atoms with E-state index in [1.54, 1.807) is 105 Å². The molecule has 2 saturated carbocycles. The molecule has 125 heavy (non-hydrogen) atoms. The molecule has 0 radical (unpaired) electrons. The Bertz CT molecular complexity index is 3910. The molecule has 2 aliphatic rings. The number of hydrogen-bond donors (Lipinski definition) is 0. The van der Waals surface area contributed by atoms with E-state index in [4.69, 9.17) is 37.9 Å². The third-order valence-electron chi connectivity index (χ3n) is 19.9. The smallest absolute Gasteiger partial charge is 0.338 e. The monoisotopic (exact) mass is 1720 g/mol. The largest absolute Gasteiger partial charge is 0.462 e. The van der Waals surface area contributed by atoms with Crippen molar-refractivity contribution in [3.63, 3.8) is 0 Å². The Morgan fingerprint density at radius 2 is 0.464 bits per heavy atom. The molecular formula is C109H154O16. The van der Waals surface area contributed by atoms with E-state index in [1.807, 2.05) is 27.7 Å². The Balaban J connectivity index is 0.000000713. The lowest BCUT2D eigenvalue weighted by molar-refractivity contribution is 0.0483. The average Bonchev–Trinajstić information content (AvgIpc) is 0.872. The molecule has 0 aromatic heterocycles. The summed E-state index contributed by atoms with van der Waals surface area (Å²) < 4.78 is 40.0. The molecule has 0 amide bonds. The van der Waals surface area contributed by atoms with E-state index in [2.05, 4.69) is 194 Å². The molecule has 10 rings (SSSR count). The topological polar surface area (TPSA) is 210 Å². The van der Waals surface area contributed by atoms with Crippen molar-refractivity contribution in [2.75, 3.05) is 52.9 Å². The van der Waals surface area contributed by atoms with Crippen LogP contribution in [-0.4, -0.2) is 101 Å². The lowest BCUT2D eigenvalue weighted by atomic mass is 9.80. The zero-order valence-corrected chi connectivity index (χ0v) is 79.8. The quantitative estimate of drug-likeness (QED) is 0.0242. The molecule has 0 atom stereocenters. The number of hydrogen-bond acceptors (Lipinski definition) is 16. The van der Waals surface area contributed by atoms with Crippen LogP contribution in [0.2, 0.25) is 0 Å². The van der Waals surface area contributed by atoms with Gasteiger partial charge in [-0.15, -0.1) is 0 Å². The van der Waals surface area contributed by atoms with Crippen LogP contribution in [0.4, 0.5) is 0 Å². The first-order chi connectivity index (χ1) is 60.1. The first-order valence-corrected chi connectivity index (χ1v) is 46.1. The number of unbranched alkanes of at least 4 members (excludes halogenated alkanes) is 4. The molecule has 8 aromatic rings. The molecule has 0 unspecified atom stereocenters. The highest BCUT2D eigenvalue weighted by Crippen LogP contribution is 2.32. The molecule has 0 saturated heterocycles. The van der Waals surface area contributed by atoms with Gasteiger partial charge in [-0.1, -0.05) is 316 Å². The van der Waals surface area contributed by atoms with Crippen molar-refractivity contribution in [3.8, 4) is 11.1 Å². The molecule has 0 aliphatic heterocycles. The predicted molar refractivity (Wildman–Crippen MR) is 512 cm³/mol. The van der Waals surface area contributed by atoms with E-state index in [0.29, 0.717) is 97.4 Å². The second kappa shape index (κ2) is 70.8. The van der Waals surface area contributed by atoms with Crippen molar-refractivity contribution in [1.29, 1.82) is 0 Å². The predicted octanol–water partition coefficient (Wildman–Crippen LogP) is 28.5. The van der Waals surface area contributed by atoms with Crippen LogP contribution in [0, 0.1) is 65.2 Å². The molecule has 0 N–H and O–H groups in total. The zero-order valence-electron chi connectivity index (χ0n) is 79.8. The van der Waals surface area contributed by atoms with E-state index in [9.17, 15) is 38.4 Å². The summed E-state index contributed by atoms with van der Waals surface area (Å²) in [5.74, 6) is 1.14. The van der Waals surface area contributed by atoms with Gasteiger partial charge in [-0.3, -0.25) is 0 Å². The van der Waals surface area contributed by atoms with Crippen molar-refractivity contribution < 1.29 is 76.3 Å². The Morgan fingerprint density at radius 1 is 0.240 bits per heavy atom. The van der Waals surface area contributed by atoms with Gasteiger partial charge in [0.1, 0.15) is 0 Å². The van der Waals surface area contributed by atoms with Crippen molar-refractivity contribution in [3.05, 3.63) is 272 Å². The highest BCUT2D eigenvalue weighted by molar-refractivity contribution is 5.96. The first kappa shape index (κ1) is 113. The van der Waals surface area contributed by atoms with Crippen LogP contribution >= 0.6 is 0 Å². The van der Waals surface area contributed by atoms with Crippen LogP contribution in [-0.2, 0) is 37.9 Å². The van der Waals surface area contributed by atoms with Gasteiger partial charge in [0, 0.05) is 0 Å². The van der Waals surface area contributed by atoms with Gasteiger partial charge in [-0.25, -0.2) is 38.4 Å². The van der Waals surface area contributed by atoms with Crippen LogP contribution in [0.1, 0.15) is 348 Å². The van der Waals surface area contributed by atoms with Gasteiger partial charge in [0.2, 0.25) is 0 Å². The number of aryl methyl sites for hydroxylation is 6. The Kier molecular flexibility index (Phi) is 63.7. The Morgan fingerprint density at radius 3 is 0.680 bits per heavy atom. The number of rotatable bonds is 29. The van der Waals surface area contributed by atoms with Gasteiger partial charge in [0.15, 0.2) is 0 Å². The summed E-state index contributed by atoms with van der Waals surface area (Å²) in [6.45, 7) is 44.8. The van der Waals surface area contributed by atoms with E-state index in [-0.39, 0.29) is 23.9 Å². The number of esters is 8. The maximum Gasteiger partial charge on any atom is 0.338 e. The summed E-state index contributed by atoms with van der Waals surface area (Å²) in [6, 6.07) is 59.4. The fraction of sp³-hybridized carbons (Fsp3) is 0.486. The van der Waals surface area contributed by atoms with Gasteiger partial charge in [0.05, 0.1) is 97.4 Å². The summed E-state index contributed by atoms with van der Waals surface area (Å²) in [5.41, 5.74) is 13.9. The molecule has 0 spiro atoms. The van der Waals surface area contributed by atoms with E-state index in [0.717, 1.165) is 87.9 Å². The third-order valence-corrected chi connectivity index (χ3v) is 19.9. The van der Waals surface area contributed by atoms with Gasteiger partial charge in [-0.2, -0.15) is 0 Å². The van der Waals surface area contributed by atoms with Crippen molar-refractivity contribution in [2.24, 2.45) is 23.7 Å². The van der Waals surface area contributed by atoms with Gasteiger partial charge in [0.25, 0.3) is 0 Å². The zero-order chi connectivity index (χ0) is 93.0. The first-order valence-electron chi connectivity index (χ1n) is 46.1. The number of ether oxygens (including phenoxy) is 8. The van der Waals surface area contributed by atoms with Gasteiger partial charge in [-0.05, 0) is 220 Å². The summed E-state index contributed by atoms with van der Waals surface area (Å²) in [5, 5.41) is 0. The highest BCUT2D eigenvalue weighted by atomic mass is 16.6. The van der Waals surface area contributed by atoms with Gasteiger partial charge >= 0.3 is 47.8 Å². The Hall–Kier alpha value is -10.5. The number of carbonyl (C=O) groups excluding carboxylic acids is 8. The van der Waals surface area contributed by atoms with E-state index < -0.39 is 23.9 Å².